The zero-order chi connectivity index (χ0) is 16.3. The quantitative estimate of drug-likeness (QED) is 0.876. The summed E-state index contributed by atoms with van der Waals surface area (Å²) in [6, 6.07) is 6.24. The summed E-state index contributed by atoms with van der Waals surface area (Å²) in [5.74, 6) is -0.882. The third-order valence-corrected chi connectivity index (χ3v) is 4.99. The molecule has 0 aliphatic rings. The van der Waals surface area contributed by atoms with E-state index in [1.165, 1.54) is 16.4 Å². The molecule has 0 saturated carbocycles. The Morgan fingerprint density at radius 1 is 1.19 bits per heavy atom. The average Bonchev–Trinajstić information content (AvgIpc) is 2.36. The molecule has 118 valence electrons. The van der Waals surface area contributed by atoms with Crippen molar-refractivity contribution in [2.75, 3.05) is 12.8 Å². The fourth-order valence-corrected chi connectivity index (χ4v) is 3.23. The van der Waals surface area contributed by atoms with Crippen molar-refractivity contribution >= 4 is 16.0 Å². The zero-order valence-electron chi connectivity index (χ0n) is 13.0. The Balaban J connectivity index is 2.71. The van der Waals surface area contributed by atoms with Gasteiger partial charge in [0.25, 0.3) is 0 Å². The molecule has 0 heterocycles. The first-order valence-corrected chi connectivity index (χ1v) is 8.38. The van der Waals surface area contributed by atoms with Gasteiger partial charge in [0, 0.05) is 13.6 Å². The van der Waals surface area contributed by atoms with Crippen LogP contribution in [0, 0.1) is 5.41 Å². The van der Waals surface area contributed by atoms with E-state index in [1.807, 2.05) is 20.8 Å². The molecule has 0 radical (unpaired) electrons. The van der Waals surface area contributed by atoms with Crippen LogP contribution < -0.4 is 0 Å². The van der Waals surface area contributed by atoms with Crippen molar-refractivity contribution in [3.63, 3.8) is 0 Å². The van der Waals surface area contributed by atoms with Crippen LogP contribution in [-0.2, 0) is 16.6 Å². The number of carboxylic acids is 1. The number of rotatable bonds is 6. The number of carbonyl (C=O) groups is 1. The van der Waals surface area contributed by atoms with Gasteiger partial charge in [-0.1, -0.05) is 32.9 Å². The van der Waals surface area contributed by atoms with Gasteiger partial charge < -0.3 is 5.11 Å². The molecule has 0 saturated heterocycles. The molecule has 1 rings (SSSR count). The monoisotopic (exact) mass is 313 g/mol. The first-order chi connectivity index (χ1) is 9.51. The van der Waals surface area contributed by atoms with Crippen LogP contribution in [0.15, 0.2) is 24.3 Å². The number of nitrogens with zero attached hydrogens (tertiary/aromatic N) is 1. The molecule has 0 fully saturated rings. The molecule has 1 aromatic carbocycles. The molecule has 0 unspecified atom stereocenters. The molecule has 1 N–H and O–H groups in total. The summed E-state index contributed by atoms with van der Waals surface area (Å²) >= 11 is 0. The third kappa shape index (κ3) is 5.85. The lowest BCUT2D eigenvalue weighted by molar-refractivity contribution is 0.0697. The number of hydrogen-bond donors (Lipinski definition) is 1. The lowest BCUT2D eigenvalue weighted by Crippen LogP contribution is -2.30. The minimum Gasteiger partial charge on any atom is -0.478 e. The van der Waals surface area contributed by atoms with E-state index in [9.17, 15) is 13.2 Å². The normalized spacial score (nSPS) is 12.6. The second kappa shape index (κ2) is 6.58. The summed E-state index contributed by atoms with van der Waals surface area (Å²) in [6.45, 7) is 6.26. The van der Waals surface area contributed by atoms with Gasteiger partial charge in [0.15, 0.2) is 0 Å². The number of carboxylic acid groups (broad SMARTS) is 1. The molecule has 5 nitrogen and oxygen atoms in total. The maximum absolute atomic E-state index is 12.2. The van der Waals surface area contributed by atoms with Crippen molar-refractivity contribution < 1.29 is 18.3 Å². The summed E-state index contributed by atoms with van der Waals surface area (Å²) in [5.41, 5.74) is 0.927. The Kier molecular flexibility index (Phi) is 5.53. The largest absolute Gasteiger partial charge is 0.478 e. The van der Waals surface area contributed by atoms with Crippen molar-refractivity contribution in [3.8, 4) is 0 Å². The molecular formula is C15H23NO4S. The number of benzene rings is 1. The molecule has 21 heavy (non-hydrogen) atoms. The van der Waals surface area contributed by atoms with Crippen LogP contribution >= 0.6 is 0 Å². The summed E-state index contributed by atoms with van der Waals surface area (Å²) < 4.78 is 25.7. The average molecular weight is 313 g/mol. The van der Waals surface area contributed by atoms with Crippen molar-refractivity contribution in [1.29, 1.82) is 0 Å². The molecule has 0 aliphatic carbocycles. The number of hydrogen-bond acceptors (Lipinski definition) is 3. The lowest BCUT2D eigenvalue weighted by atomic mass is 9.94. The highest BCUT2D eigenvalue weighted by Crippen LogP contribution is 2.20. The van der Waals surface area contributed by atoms with E-state index in [1.54, 1.807) is 19.2 Å². The first kappa shape index (κ1) is 17.7. The topological polar surface area (TPSA) is 74.7 Å². The Hall–Kier alpha value is -1.40. The van der Waals surface area contributed by atoms with Gasteiger partial charge in [0.05, 0.1) is 11.3 Å². The minimum atomic E-state index is -3.30. The summed E-state index contributed by atoms with van der Waals surface area (Å²) in [6.07, 6.45) is 0.595. The number of sulfonamides is 1. The Bertz CT molecular complexity index is 585. The first-order valence-electron chi connectivity index (χ1n) is 6.77. The Morgan fingerprint density at radius 3 is 2.14 bits per heavy atom. The van der Waals surface area contributed by atoms with Gasteiger partial charge in [-0.3, -0.25) is 0 Å². The van der Waals surface area contributed by atoms with Crippen LogP contribution in [0.3, 0.4) is 0 Å². The second-order valence-corrected chi connectivity index (χ2v) is 8.58. The van der Waals surface area contributed by atoms with E-state index in [4.69, 9.17) is 5.11 Å². The van der Waals surface area contributed by atoms with Crippen LogP contribution in [0.2, 0.25) is 0 Å². The van der Waals surface area contributed by atoms with Crippen LogP contribution in [0.1, 0.15) is 43.1 Å². The highest BCUT2D eigenvalue weighted by molar-refractivity contribution is 7.89. The molecule has 0 aliphatic heterocycles. The maximum atomic E-state index is 12.2. The smallest absolute Gasteiger partial charge is 0.335 e. The van der Waals surface area contributed by atoms with E-state index in [0.717, 1.165) is 5.56 Å². The zero-order valence-corrected chi connectivity index (χ0v) is 13.8. The fraction of sp³-hybridized carbons (Fsp3) is 0.533. The van der Waals surface area contributed by atoms with Crippen LogP contribution in [-0.4, -0.2) is 36.6 Å². The van der Waals surface area contributed by atoms with E-state index in [0.29, 0.717) is 6.42 Å². The SMILES string of the molecule is CN(Cc1ccc(C(=O)O)cc1)S(=O)(=O)CCC(C)(C)C. The van der Waals surface area contributed by atoms with Gasteiger partial charge in [-0.05, 0) is 29.5 Å². The summed E-state index contributed by atoms with van der Waals surface area (Å²) in [5, 5.41) is 8.83. The molecule has 6 heteroatoms. The minimum absolute atomic E-state index is 0.0307. The molecule has 0 amide bonds. The van der Waals surface area contributed by atoms with Crippen LogP contribution in [0.5, 0.6) is 0 Å². The number of aromatic carboxylic acids is 1. The van der Waals surface area contributed by atoms with Gasteiger partial charge in [0.2, 0.25) is 10.0 Å². The van der Waals surface area contributed by atoms with Crippen molar-refractivity contribution in [2.45, 2.75) is 33.7 Å². The molecule has 0 atom stereocenters. The van der Waals surface area contributed by atoms with E-state index in [-0.39, 0.29) is 23.3 Å². The van der Waals surface area contributed by atoms with Crippen molar-refractivity contribution in [3.05, 3.63) is 35.4 Å². The van der Waals surface area contributed by atoms with Gasteiger partial charge >= 0.3 is 5.97 Å². The lowest BCUT2D eigenvalue weighted by Gasteiger charge is -2.22. The summed E-state index contributed by atoms with van der Waals surface area (Å²) in [4.78, 5) is 10.8. The molecular weight excluding hydrogens is 290 g/mol. The van der Waals surface area contributed by atoms with Crippen LogP contribution in [0.25, 0.3) is 0 Å². The highest BCUT2D eigenvalue weighted by Gasteiger charge is 2.21. The van der Waals surface area contributed by atoms with E-state index >= 15 is 0 Å². The van der Waals surface area contributed by atoms with Gasteiger partial charge in [-0.15, -0.1) is 0 Å². The van der Waals surface area contributed by atoms with Gasteiger partial charge in [-0.25, -0.2) is 17.5 Å². The van der Waals surface area contributed by atoms with E-state index < -0.39 is 16.0 Å². The third-order valence-electron chi connectivity index (χ3n) is 3.19. The molecule has 1 aromatic rings. The molecule has 0 aromatic heterocycles. The molecule has 0 spiro atoms. The fourth-order valence-electron chi connectivity index (χ4n) is 1.70. The second-order valence-electron chi connectivity index (χ2n) is 6.38. The van der Waals surface area contributed by atoms with Crippen LogP contribution in [0.4, 0.5) is 0 Å². The Labute approximate surface area is 126 Å². The van der Waals surface area contributed by atoms with E-state index in [2.05, 4.69) is 0 Å². The predicted octanol–water partition coefficient (Wildman–Crippen LogP) is 2.58. The van der Waals surface area contributed by atoms with Crippen molar-refractivity contribution in [1.82, 2.24) is 4.31 Å². The summed E-state index contributed by atoms with van der Waals surface area (Å²) in [7, 11) is -1.76. The Morgan fingerprint density at radius 2 is 1.71 bits per heavy atom. The highest BCUT2D eigenvalue weighted by atomic mass is 32.2. The standard InChI is InChI=1S/C15H23NO4S/c1-15(2,3)9-10-21(19,20)16(4)11-12-5-7-13(8-6-12)14(17)18/h5-8H,9-11H2,1-4H3,(H,17,18). The molecule has 0 bridgehead atoms. The van der Waals surface area contributed by atoms with Gasteiger partial charge in [-0.2, -0.15) is 0 Å². The predicted molar refractivity (Wildman–Crippen MR) is 82.7 cm³/mol. The van der Waals surface area contributed by atoms with Crippen molar-refractivity contribution in [2.24, 2.45) is 5.41 Å². The van der Waals surface area contributed by atoms with Gasteiger partial charge in [0.1, 0.15) is 0 Å². The maximum Gasteiger partial charge on any atom is 0.335 e.